The number of carbonyl (C=O) groups excluding carboxylic acids is 4. The number of amides is 3. The molecular weight excluding hydrogens is 722 g/mol. The zero-order valence-corrected chi connectivity index (χ0v) is 30.3. The summed E-state index contributed by atoms with van der Waals surface area (Å²) in [5.41, 5.74) is 10.1. The molecule has 292 valence electrons. The van der Waals surface area contributed by atoms with Crippen molar-refractivity contribution in [2.75, 3.05) is 18.5 Å². The van der Waals surface area contributed by atoms with Crippen molar-refractivity contribution in [3.63, 3.8) is 0 Å². The van der Waals surface area contributed by atoms with E-state index in [4.69, 9.17) is 5.73 Å². The van der Waals surface area contributed by atoms with E-state index in [1.54, 1.807) is 24.2 Å². The highest BCUT2D eigenvalue weighted by Crippen LogP contribution is 2.40. The monoisotopic (exact) mass is 765 g/mol. The summed E-state index contributed by atoms with van der Waals surface area (Å²) in [7, 11) is 0. The molecule has 1 saturated carbocycles. The van der Waals surface area contributed by atoms with Crippen LogP contribution in [-0.2, 0) is 26.7 Å². The Bertz CT molecular complexity index is 1980. The lowest BCUT2D eigenvalue weighted by Crippen LogP contribution is -2.48. The number of aliphatic hydroxyl groups excluding tert-OH is 1. The number of aryl methyl sites for hydroxylation is 1. The Balaban J connectivity index is 1.31. The van der Waals surface area contributed by atoms with E-state index in [2.05, 4.69) is 26.0 Å². The standard InChI is InChI=1S/C39H43F4N7O5/c1-22-17-29(35(54)45-23(2)20-51)13-16-31(22)26-7-3-24(4-8-26)18-32(47-34(53)28-9-5-25(19-44)6-10-28)36(55)46-30-14-11-27(12-15-30)33-48-37(50-49-33)39(42,43)38(40,41)21-52/h3-4,7-8,11-17,21,23,25,28,32,51H,5-6,9-10,18-20,44H2,1-2H3,(H,45,54)(H,46,55)(H,47,53)(H,48,49,50)/t23-,25?,28?,32-/m0/s1. The number of anilines is 1. The number of nitrogens with two attached hydrogens (primary N) is 1. The summed E-state index contributed by atoms with van der Waals surface area (Å²) >= 11 is 0. The maximum Gasteiger partial charge on any atom is 0.375 e. The molecule has 1 aliphatic rings. The van der Waals surface area contributed by atoms with Crippen molar-refractivity contribution in [3.8, 4) is 22.5 Å². The van der Waals surface area contributed by atoms with Crippen LogP contribution in [0.15, 0.2) is 66.7 Å². The van der Waals surface area contributed by atoms with Gasteiger partial charge >= 0.3 is 11.8 Å². The van der Waals surface area contributed by atoms with Crippen molar-refractivity contribution >= 4 is 29.7 Å². The van der Waals surface area contributed by atoms with Gasteiger partial charge in [-0.2, -0.15) is 22.7 Å². The minimum atomic E-state index is -5.00. The largest absolute Gasteiger partial charge is 0.394 e. The van der Waals surface area contributed by atoms with Crippen LogP contribution < -0.4 is 21.7 Å². The van der Waals surface area contributed by atoms with Crippen molar-refractivity contribution in [2.45, 2.75) is 69.9 Å². The van der Waals surface area contributed by atoms with Crippen LogP contribution in [0.5, 0.6) is 0 Å². The lowest BCUT2D eigenvalue weighted by molar-refractivity contribution is -0.206. The Morgan fingerprint density at radius 1 is 0.964 bits per heavy atom. The Morgan fingerprint density at radius 3 is 2.22 bits per heavy atom. The van der Waals surface area contributed by atoms with Crippen LogP contribution in [0.3, 0.4) is 0 Å². The number of aromatic amines is 1. The summed E-state index contributed by atoms with van der Waals surface area (Å²) in [5.74, 6) is -12.7. The fourth-order valence-corrected chi connectivity index (χ4v) is 6.39. The van der Waals surface area contributed by atoms with Gasteiger partial charge < -0.3 is 26.8 Å². The molecule has 2 atom stereocenters. The average Bonchev–Trinajstić information content (AvgIpc) is 3.69. The number of aliphatic hydroxyl groups is 1. The first-order valence-corrected chi connectivity index (χ1v) is 17.8. The van der Waals surface area contributed by atoms with E-state index in [1.165, 1.54) is 24.3 Å². The second-order valence-corrected chi connectivity index (χ2v) is 13.9. The molecule has 1 aromatic heterocycles. The van der Waals surface area contributed by atoms with Crippen molar-refractivity contribution < 1.29 is 41.8 Å². The first-order valence-electron chi connectivity index (χ1n) is 17.8. The van der Waals surface area contributed by atoms with E-state index in [0.717, 1.165) is 35.1 Å². The van der Waals surface area contributed by atoms with Gasteiger partial charge in [-0.05, 0) is 111 Å². The van der Waals surface area contributed by atoms with Crippen LogP contribution in [0.25, 0.3) is 22.5 Å². The number of aldehydes is 1. The zero-order chi connectivity index (χ0) is 39.9. The Labute approximate surface area is 314 Å². The third-order valence-electron chi connectivity index (χ3n) is 9.79. The van der Waals surface area contributed by atoms with Gasteiger partial charge in [0, 0.05) is 35.2 Å². The Kier molecular flexibility index (Phi) is 12.8. The lowest BCUT2D eigenvalue weighted by Gasteiger charge is -2.28. The van der Waals surface area contributed by atoms with Crippen molar-refractivity contribution in [3.05, 3.63) is 89.2 Å². The van der Waals surface area contributed by atoms with Gasteiger partial charge in [0.2, 0.25) is 17.6 Å². The topological polar surface area (TPSA) is 192 Å². The highest BCUT2D eigenvalue weighted by molar-refractivity contribution is 5.98. The Morgan fingerprint density at radius 2 is 1.62 bits per heavy atom. The van der Waals surface area contributed by atoms with Crippen molar-refractivity contribution in [2.24, 2.45) is 17.6 Å². The SMILES string of the molecule is Cc1cc(C(=O)N[C@@H](C)CO)ccc1-c1ccc(C[C@H](NC(=O)C2CCC(CN)CC2)C(=O)Nc2ccc(-c3n[nH]c(C(F)(F)C(F)(F)C=O)n3)cc2)cc1. The molecular formula is C39H43F4N7O5. The van der Waals surface area contributed by atoms with E-state index >= 15 is 0 Å². The molecule has 55 heavy (non-hydrogen) atoms. The van der Waals surface area contributed by atoms with Crippen LogP contribution in [0.1, 0.15) is 59.9 Å². The van der Waals surface area contributed by atoms with Gasteiger partial charge in [0.05, 0.1) is 6.61 Å². The first-order chi connectivity index (χ1) is 26.1. The third-order valence-corrected chi connectivity index (χ3v) is 9.79. The predicted molar refractivity (Wildman–Crippen MR) is 196 cm³/mol. The quantitative estimate of drug-likeness (QED) is 0.0726. The number of aromatic nitrogens is 3. The number of rotatable bonds is 15. The van der Waals surface area contributed by atoms with Gasteiger partial charge in [-0.15, -0.1) is 0 Å². The summed E-state index contributed by atoms with van der Waals surface area (Å²) in [6.45, 7) is 3.96. The minimum Gasteiger partial charge on any atom is -0.394 e. The van der Waals surface area contributed by atoms with Gasteiger partial charge in [-0.1, -0.05) is 30.3 Å². The molecule has 0 aliphatic heterocycles. The summed E-state index contributed by atoms with van der Waals surface area (Å²) < 4.78 is 55.2. The van der Waals surface area contributed by atoms with Crippen LogP contribution in [0.2, 0.25) is 0 Å². The van der Waals surface area contributed by atoms with Crippen molar-refractivity contribution in [1.29, 1.82) is 0 Å². The van der Waals surface area contributed by atoms with Crippen molar-refractivity contribution in [1.82, 2.24) is 25.8 Å². The normalized spacial score (nSPS) is 17.2. The molecule has 4 aromatic rings. The molecule has 16 heteroatoms. The first kappa shape index (κ1) is 40.7. The van der Waals surface area contributed by atoms with Crippen LogP contribution >= 0.6 is 0 Å². The van der Waals surface area contributed by atoms with E-state index in [9.17, 15) is 41.8 Å². The molecule has 1 heterocycles. The number of nitrogens with zero attached hydrogens (tertiary/aromatic N) is 2. The molecule has 0 spiro atoms. The number of hydrogen-bond acceptors (Lipinski definition) is 8. The summed E-state index contributed by atoms with van der Waals surface area (Å²) in [6.07, 6.45) is 1.93. The fraction of sp³-hybridized carbons (Fsp3) is 0.385. The number of hydrogen-bond donors (Lipinski definition) is 6. The Hall–Kier alpha value is -5.48. The smallest absolute Gasteiger partial charge is 0.375 e. The molecule has 12 nitrogen and oxygen atoms in total. The summed E-state index contributed by atoms with van der Waals surface area (Å²) in [4.78, 5) is 53.7. The average molecular weight is 766 g/mol. The highest BCUT2D eigenvalue weighted by Gasteiger charge is 2.60. The number of H-pyrrole nitrogens is 1. The fourth-order valence-electron chi connectivity index (χ4n) is 6.39. The number of benzene rings is 3. The van der Waals surface area contributed by atoms with E-state index in [-0.39, 0.29) is 48.2 Å². The molecule has 0 unspecified atom stereocenters. The van der Waals surface area contributed by atoms with E-state index in [0.29, 0.717) is 36.6 Å². The van der Waals surface area contributed by atoms with Crippen LogP contribution in [0.4, 0.5) is 23.2 Å². The van der Waals surface area contributed by atoms with Gasteiger partial charge in [0.1, 0.15) is 6.04 Å². The molecule has 5 rings (SSSR count). The number of halogens is 4. The number of alkyl halides is 4. The second-order valence-electron chi connectivity index (χ2n) is 13.9. The molecule has 0 radical (unpaired) electrons. The third kappa shape index (κ3) is 9.61. The number of carbonyl (C=O) groups is 4. The van der Waals surface area contributed by atoms with Gasteiger partial charge in [-0.25, -0.2) is 4.98 Å². The molecule has 0 saturated heterocycles. The maximum absolute atomic E-state index is 14.1. The highest BCUT2D eigenvalue weighted by atomic mass is 19.3. The summed E-state index contributed by atoms with van der Waals surface area (Å²) in [6, 6.07) is 17.1. The molecule has 0 bridgehead atoms. The molecule has 7 N–H and O–H groups in total. The van der Waals surface area contributed by atoms with Gasteiger partial charge in [0.15, 0.2) is 12.1 Å². The number of nitrogens with one attached hydrogen (secondary N) is 4. The molecule has 1 aliphatic carbocycles. The van der Waals surface area contributed by atoms with Gasteiger partial charge in [0.25, 0.3) is 5.91 Å². The second kappa shape index (κ2) is 17.3. The zero-order valence-electron chi connectivity index (χ0n) is 30.3. The minimum absolute atomic E-state index is 0.148. The van der Waals surface area contributed by atoms with Crippen LogP contribution in [0, 0.1) is 18.8 Å². The maximum atomic E-state index is 14.1. The lowest BCUT2D eigenvalue weighted by atomic mass is 9.81. The van der Waals surface area contributed by atoms with E-state index < -0.39 is 35.9 Å². The molecule has 3 aromatic carbocycles. The van der Waals surface area contributed by atoms with Gasteiger partial charge in [-0.3, -0.25) is 24.3 Å². The summed E-state index contributed by atoms with van der Waals surface area (Å²) in [5, 5.41) is 23.0. The van der Waals surface area contributed by atoms with Crippen LogP contribution in [-0.4, -0.2) is 75.5 Å². The molecule has 1 fully saturated rings. The predicted octanol–water partition coefficient (Wildman–Crippen LogP) is 4.91. The van der Waals surface area contributed by atoms with E-state index in [1.807, 2.05) is 37.3 Å². The molecule has 3 amide bonds.